The maximum Gasteiger partial charge on any atom is 0.406 e. The fraction of sp³-hybridized carbons (Fsp3) is 0.333. The van der Waals surface area contributed by atoms with E-state index in [-0.39, 0.29) is 25.7 Å². The summed E-state index contributed by atoms with van der Waals surface area (Å²) < 4.78 is 14.8. The van der Waals surface area contributed by atoms with E-state index in [1.165, 1.54) is 7.11 Å². The Balaban J connectivity index is 1.80. The quantitative estimate of drug-likeness (QED) is 0.852. The predicted octanol–water partition coefficient (Wildman–Crippen LogP) is 1.10. The molecule has 0 aliphatic carbocycles. The molecule has 2 N–H and O–H groups in total. The van der Waals surface area contributed by atoms with Gasteiger partial charge in [-0.25, -0.2) is 4.79 Å². The molecule has 7 heteroatoms. The molecule has 0 aromatic heterocycles. The minimum atomic E-state index is -0.559. The lowest BCUT2D eigenvalue weighted by Crippen LogP contribution is -2.27. The topological polar surface area (TPSA) is 85.9 Å². The third-order valence-corrected chi connectivity index (χ3v) is 2.46. The van der Waals surface area contributed by atoms with Crippen LogP contribution in [0.5, 0.6) is 11.5 Å². The van der Waals surface area contributed by atoms with Crippen LogP contribution in [0.1, 0.15) is 6.42 Å². The maximum absolute atomic E-state index is 11.6. The third-order valence-electron chi connectivity index (χ3n) is 2.46. The van der Waals surface area contributed by atoms with Crippen LogP contribution in [0.25, 0.3) is 0 Å². The van der Waals surface area contributed by atoms with E-state index in [1.54, 1.807) is 18.2 Å². The summed E-state index contributed by atoms with van der Waals surface area (Å²) in [5, 5.41) is 5.12. The van der Waals surface area contributed by atoms with E-state index in [1.807, 2.05) is 0 Å². The Kier molecular flexibility index (Phi) is 4.07. The van der Waals surface area contributed by atoms with Gasteiger partial charge in [-0.2, -0.15) is 0 Å². The van der Waals surface area contributed by atoms with Crippen molar-refractivity contribution in [2.24, 2.45) is 0 Å². The van der Waals surface area contributed by atoms with Gasteiger partial charge in [-0.05, 0) is 12.1 Å². The first-order valence-corrected chi connectivity index (χ1v) is 5.70. The van der Waals surface area contributed by atoms with Gasteiger partial charge in [-0.3, -0.25) is 4.79 Å². The Morgan fingerprint density at radius 3 is 2.89 bits per heavy atom. The molecular formula is C12H14N2O5. The highest BCUT2D eigenvalue weighted by atomic mass is 16.7. The number of fused-ring (bicyclic) bond motifs is 1. The van der Waals surface area contributed by atoms with E-state index in [4.69, 9.17) is 9.47 Å². The van der Waals surface area contributed by atoms with E-state index in [0.717, 1.165) is 0 Å². The Bertz CT molecular complexity index is 489. The third kappa shape index (κ3) is 3.51. The normalized spacial score (nSPS) is 11.8. The first kappa shape index (κ1) is 13.0. The van der Waals surface area contributed by atoms with Gasteiger partial charge in [-0.1, -0.05) is 0 Å². The molecule has 0 atom stereocenters. The average molecular weight is 266 g/mol. The minimum absolute atomic E-state index is 0.156. The molecule has 0 bridgehead atoms. The molecule has 0 radical (unpaired) electrons. The van der Waals surface area contributed by atoms with Crippen molar-refractivity contribution in [3.8, 4) is 11.5 Å². The van der Waals surface area contributed by atoms with Crippen LogP contribution < -0.4 is 20.1 Å². The van der Waals surface area contributed by atoms with E-state index < -0.39 is 6.09 Å². The molecule has 2 rings (SSSR count). The molecule has 1 aromatic carbocycles. The number of nitrogens with one attached hydrogen (secondary N) is 2. The summed E-state index contributed by atoms with van der Waals surface area (Å²) in [5.74, 6) is 1.05. The Morgan fingerprint density at radius 2 is 2.11 bits per heavy atom. The van der Waals surface area contributed by atoms with E-state index in [2.05, 4.69) is 15.4 Å². The minimum Gasteiger partial charge on any atom is -0.454 e. The summed E-state index contributed by atoms with van der Waals surface area (Å²) in [7, 11) is 1.27. The lowest BCUT2D eigenvalue weighted by molar-refractivity contribution is -0.116. The number of rotatable bonds is 4. The largest absolute Gasteiger partial charge is 0.454 e. The predicted molar refractivity (Wildman–Crippen MR) is 66.2 cm³/mol. The first-order valence-electron chi connectivity index (χ1n) is 5.70. The van der Waals surface area contributed by atoms with Crippen LogP contribution in [0.15, 0.2) is 18.2 Å². The molecule has 1 aliphatic heterocycles. The van der Waals surface area contributed by atoms with Crippen molar-refractivity contribution in [3.63, 3.8) is 0 Å². The van der Waals surface area contributed by atoms with Crippen LogP contribution >= 0.6 is 0 Å². The number of alkyl carbamates (subject to hydrolysis) is 1. The van der Waals surface area contributed by atoms with Crippen LogP contribution in [0.2, 0.25) is 0 Å². The van der Waals surface area contributed by atoms with Crippen molar-refractivity contribution < 1.29 is 23.8 Å². The zero-order valence-electron chi connectivity index (χ0n) is 10.4. The molecule has 0 unspecified atom stereocenters. The molecule has 1 aromatic rings. The fourth-order valence-corrected chi connectivity index (χ4v) is 1.55. The van der Waals surface area contributed by atoms with Crippen molar-refractivity contribution in [1.82, 2.24) is 5.32 Å². The van der Waals surface area contributed by atoms with Gasteiger partial charge in [0.25, 0.3) is 0 Å². The monoisotopic (exact) mass is 266 g/mol. The van der Waals surface area contributed by atoms with Gasteiger partial charge in [0.2, 0.25) is 12.7 Å². The van der Waals surface area contributed by atoms with E-state index >= 15 is 0 Å². The number of carbonyl (C=O) groups is 2. The summed E-state index contributed by atoms with van der Waals surface area (Å²) in [6.07, 6.45) is -0.403. The van der Waals surface area contributed by atoms with Crippen LogP contribution in [0, 0.1) is 0 Å². The lowest BCUT2D eigenvalue weighted by Gasteiger charge is -2.06. The van der Waals surface area contributed by atoms with Gasteiger partial charge >= 0.3 is 6.09 Å². The van der Waals surface area contributed by atoms with E-state index in [9.17, 15) is 9.59 Å². The van der Waals surface area contributed by atoms with Gasteiger partial charge in [0.05, 0.1) is 7.11 Å². The summed E-state index contributed by atoms with van der Waals surface area (Å²) in [6, 6.07) is 5.14. The fourth-order valence-electron chi connectivity index (χ4n) is 1.55. The number of amides is 2. The smallest absolute Gasteiger partial charge is 0.406 e. The summed E-state index contributed by atoms with van der Waals surface area (Å²) >= 11 is 0. The maximum atomic E-state index is 11.6. The number of anilines is 1. The average Bonchev–Trinajstić information content (AvgIpc) is 2.85. The number of benzene rings is 1. The lowest BCUT2D eigenvalue weighted by atomic mass is 10.2. The molecule has 0 spiro atoms. The molecule has 102 valence electrons. The molecule has 7 nitrogen and oxygen atoms in total. The zero-order chi connectivity index (χ0) is 13.7. The Hall–Kier alpha value is -2.44. The van der Waals surface area contributed by atoms with Crippen molar-refractivity contribution in [2.45, 2.75) is 6.42 Å². The second-order valence-electron chi connectivity index (χ2n) is 3.78. The Labute approximate surface area is 109 Å². The van der Waals surface area contributed by atoms with Gasteiger partial charge < -0.3 is 24.8 Å². The molecule has 0 fully saturated rings. The highest BCUT2D eigenvalue weighted by Crippen LogP contribution is 2.34. The summed E-state index contributed by atoms with van der Waals surface area (Å²) in [4.78, 5) is 22.4. The van der Waals surface area contributed by atoms with Gasteiger partial charge in [0.15, 0.2) is 11.5 Å². The van der Waals surface area contributed by atoms with Crippen molar-refractivity contribution in [3.05, 3.63) is 18.2 Å². The van der Waals surface area contributed by atoms with Crippen LogP contribution in [0.4, 0.5) is 10.5 Å². The van der Waals surface area contributed by atoms with Gasteiger partial charge in [0.1, 0.15) is 0 Å². The van der Waals surface area contributed by atoms with Crippen molar-refractivity contribution in [1.29, 1.82) is 0 Å². The van der Waals surface area contributed by atoms with Crippen LogP contribution in [0.3, 0.4) is 0 Å². The molecular weight excluding hydrogens is 252 g/mol. The summed E-state index contributed by atoms with van der Waals surface area (Å²) in [6.45, 7) is 0.402. The van der Waals surface area contributed by atoms with Crippen LogP contribution in [-0.4, -0.2) is 32.4 Å². The molecule has 1 heterocycles. The second kappa shape index (κ2) is 5.94. The van der Waals surface area contributed by atoms with Gasteiger partial charge in [-0.15, -0.1) is 0 Å². The standard InChI is InChI=1S/C12H14N2O5/c1-17-12(16)13-5-4-11(15)14-8-2-3-9-10(6-8)19-7-18-9/h2-3,6H,4-5,7H2,1H3,(H,13,16)(H,14,15). The molecule has 0 saturated heterocycles. The van der Waals surface area contributed by atoms with Crippen molar-refractivity contribution >= 4 is 17.7 Å². The SMILES string of the molecule is COC(=O)NCCC(=O)Nc1ccc2c(c1)OCO2. The molecule has 1 aliphatic rings. The summed E-state index contributed by atoms with van der Waals surface area (Å²) in [5.41, 5.74) is 0.618. The van der Waals surface area contributed by atoms with Crippen molar-refractivity contribution in [2.75, 3.05) is 25.8 Å². The molecule has 0 saturated carbocycles. The Morgan fingerprint density at radius 1 is 1.32 bits per heavy atom. The number of hydrogen-bond donors (Lipinski definition) is 2. The number of carbonyl (C=O) groups excluding carboxylic acids is 2. The highest BCUT2D eigenvalue weighted by molar-refractivity contribution is 5.91. The van der Waals surface area contributed by atoms with Gasteiger partial charge in [0, 0.05) is 24.7 Å². The molecule has 19 heavy (non-hydrogen) atoms. The zero-order valence-corrected chi connectivity index (χ0v) is 10.4. The highest BCUT2D eigenvalue weighted by Gasteiger charge is 2.14. The number of methoxy groups -OCH3 is 1. The number of ether oxygens (including phenoxy) is 3. The number of hydrogen-bond acceptors (Lipinski definition) is 5. The van der Waals surface area contributed by atoms with E-state index in [0.29, 0.717) is 17.2 Å². The van der Waals surface area contributed by atoms with Crippen LogP contribution in [-0.2, 0) is 9.53 Å². The first-order chi connectivity index (χ1) is 9.19. The molecule has 2 amide bonds. The second-order valence-corrected chi connectivity index (χ2v) is 3.78.